The number of para-hydroxylation sites is 2. The summed E-state index contributed by atoms with van der Waals surface area (Å²) in [6.07, 6.45) is 1.82. The summed E-state index contributed by atoms with van der Waals surface area (Å²) >= 11 is 10.3. The van der Waals surface area contributed by atoms with E-state index in [4.69, 9.17) is 26.4 Å². The number of nitrogens with zero attached hydrogens (tertiary/aromatic N) is 1. The molecule has 1 saturated heterocycles. The quantitative estimate of drug-likeness (QED) is 0.175. The topological polar surface area (TPSA) is 48.0 Å². The van der Waals surface area contributed by atoms with Crippen LogP contribution in [0, 0.1) is 0 Å². The molecule has 0 saturated carbocycles. The van der Waals surface area contributed by atoms with Gasteiger partial charge in [0, 0.05) is 10.0 Å². The van der Waals surface area contributed by atoms with Gasteiger partial charge in [-0.1, -0.05) is 82.4 Å². The van der Waals surface area contributed by atoms with Crippen molar-refractivity contribution in [3.8, 4) is 17.2 Å². The number of rotatable bonds is 9. The minimum Gasteiger partial charge on any atom is -0.493 e. The fourth-order valence-electron chi connectivity index (χ4n) is 3.35. The summed E-state index contributed by atoms with van der Waals surface area (Å²) in [6.45, 7) is 1.12. The van der Waals surface area contributed by atoms with E-state index in [9.17, 15) is 4.79 Å². The standard InChI is InChI=1S/C26H22BrNO4S2/c1-30-22-9-5-6-10-23(22)32-14-13-31-21-12-11-20(27)15-19(21)16-24-25(29)28(26(33)34-24)17-18-7-3-2-4-8-18/h2-12,15-16H,13-14,17H2,1H3. The van der Waals surface area contributed by atoms with Crippen LogP contribution in [-0.4, -0.2) is 35.5 Å². The van der Waals surface area contributed by atoms with E-state index in [2.05, 4.69) is 15.9 Å². The number of benzene rings is 3. The minimum absolute atomic E-state index is 0.107. The molecule has 34 heavy (non-hydrogen) atoms. The summed E-state index contributed by atoms with van der Waals surface area (Å²) in [5.74, 6) is 1.88. The highest BCUT2D eigenvalue weighted by Gasteiger charge is 2.32. The summed E-state index contributed by atoms with van der Waals surface area (Å²) in [5.41, 5.74) is 1.81. The molecule has 0 atom stereocenters. The third-order valence-electron chi connectivity index (χ3n) is 4.98. The van der Waals surface area contributed by atoms with Crippen molar-refractivity contribution in [1.82, 2.24) is 4.90 Å². The van der Waals surface area contributed by atoms with E-state index in [1.54, 1.807) is 12.0 Å². The Bertz CT molecular complexity index is 1220. The van der Waals surface area contributed by atoms with Gasteiger partial charge in [0.15, 0.2) is 11.5 Å². The molecule has 1 fully saturated rings. The number of hydrogen-bond acceptors (Lipinski definition) is 6. The number of carbonyl (C=O) groups excluding carboxylic acids is 1. The Hall–Kier alpha value is -2.81. The second kappa shape index (κ2) is 11.6. The lowest BCUT2D eigenvalue weighted by molar-refractivity contribution is -0.122. The van der Waals surface area contributed by atoms with E-state index < -0.39 is 0 Å². The van der Waals surface area contributed by atoms with E-state index in [0.717, 1.165) is 15.6 Å². The molecule has 1 amide bonds. The molecule has 3 aromatic carbocycles. The predicted octanol–water partition coefficient (Wildman–Crippen LogP) is 6.32. The van der Waals surface area contributed by atoms with Gasteiger partial charge in [0.2, 0.25) is 0 Å². The normalized spacial score (nSPS) is 14.5. The number of thiocarbonyl (C=S) groups is 1. The molecule has 1 aliphatic rings. The van der Waals surface area contributed by atoms with Gasteiger partial charge in [-0.05, 0) is 42.0 Å². The average molecular weight is 557 g/mol. The second-order valence-corrected chi connectivity index (χ2v) is 9.87. The lowest BCUT2D eigenvalue weighted by Crippen LogP contribution is -2.27. The van der Waals surface area contributed by atoms with Gasteiger partial charge in [-0.25, -0.2) is 0 Å². The monoisotopic (exact) mass is 555 g/mol. The Balaban J connectivity index is 1.44. The van der Waals surface area contributed by atoms with Crippen molar-refractivity contribution in [1.29, 1.82) is 0 Å². The molecule has 0 spiro atoms. The number of ether oxygens (including phenoxy) is 3. The van der Waals surface area contributed by atoms with Gasteiger partial charge < -0.3 is 14.2 Å². The lowest BCUT2D eigenvalue weighted by Gasteiger charge is -2.14. The summed E-state index contributed by atoms with van der Waals surface area (Å²) < 4.78 is 18.5. The predicted molar refractivity (Wildman–Crippen MR) is 143 cm³/mol. The molecule has 0 bridgehead atoms. The highest BCUT2D eigenvalue weighted by Crippen LogP contribution is 2.36. The maximum atomic E-state index is 13.1. The Kier molecular flexibility index (Phi) is 8.26. The maximum absolute atomic E-state index is 13.1. The van der Waals surface area contributed by atoms with Gasteiger partial charge in [0.1, 0.15) is 23.3 Å². The van der Waals surface area contributed by atoms with Crippen LogP contribution >= 0.6 is 39.9 Å². The number of thioether (sulfide) groups is 1. The van der Waals surface area contributed by atoms with Crippen molar-refractivity contribution in [3.05, 3.63) is 93.3 Å². The smallest absolute Gasteiger partial charge is 0.266 e. The largest absolute Gasteiger partial charge is 0.493 e. The van der Waals surface area contributed by atoms with Gasteiger partial charge >= 0.3 is 0 Å². The zero-order chi connectivity index (χ0) is 23.9. The first-order chi connectivity index (χ1) is 16.5. The molecule has 3 aromatic rings. The van der Waals surface area contributed by atoms with Gasteiger partial charge in [-0.15, -0.1) is 0 Å². The lowest BCUT2D eigenvalue weighted by atomic mass is 10.1. The third-order valence-corrected chi connectivity index (χ3v) is 6.85. The first kappa shape index (κ1) is 24.3. The van der Waals surface area contributed by atoms with Crippen molar-refractivity contribution < 1.29 is 19.0 Å². The Morgan fingerprint density at radius 1 is 0.941 bits per heavy atom. The molecule has 1 heterocycles. The van der Waals surface area contributed by atoms with Crippen LogP contribution in [0.2, 0.25) is 0 Å². The SMILES string of the molecule is COc1ccccc1OCCOc1ccc(Br)cc1C=C1SC(=S)N(Cc2ccccc2)C1=O. The third kappa shape index (κ3) is 6.00. The fraction of sp³-hybridized carbons (Fsp3) is 0.154. The number of carbonyl (C=O) groups is 1. The van der Waals surface area contributed by atoms with Crippen LogP contribution in [0.25, 0.3) is 6.08 Å². The van der Waals surface area contributed by atoms with Crippen LogP contribution in [0.3, 0.4) is 0 Å². The summed E-state index contributed by atoms with van der Waals surface area (Å²) in [5, 5.41) is 0. The fourth-order valence-corrected chi connectivity index (χ4v) is 4.97. The first-order valence-electron chi connectivity index (χ1n) is 10.5. The van der Waals surface area contributed by atoms with Crippen molar-refractivity contribution >= 4 is 56.2 Å². The summed E-state index contributed by atoms with van der Waals surface area (Å²) in [6, 6.07) is 23.0. The van der Waals surface area contributed by atoms with E-state index >= 15 is 0 Å². The van der Waals surface area contributed by atoms with Crippen molar-refractivity contribution in [3.63, 3.8) is 0 Å². The van der Waals surface area contributed by atoms with Gasteiger partial charge in [0.05, 0.1) is 18.6 Å². The van der Waals surface area contributed by atoms with Crippen molar-refractivity contribution in [2.75, 3.05) is 20.3 Å². The number of halogens is 1. The highest BCUT2D eigenvalue weighted by atomic mass is 79.9. The number of hydrogen-bond donors (Lipinski definition) is 0. The Morgan fingerprint density at radius 3 is 2.35 bits per heavy atom. The average Bonchev–Trinajstić information content (AvgIpc) is 3.11. The molecule has 4 rings (SSSR count). The van der Waals surface area contributed by atoms with E-state index in [-0.39, 0.29) is 5.91 Å². The second-order valence-electron chi connectivity index (χ2n) is 7.28. The first-order valence-corrected chi connectivity index (χ1v) is 12.5. The molecule has 0 aromatic heterocycles. The number of amides is 1. The molecule has 8 heteroatoms. The molecule has 174 valence electrons. The van der Waals surface area contributed by atoms with Crippen LogP contribution in [0.15, 0.2) is 82.2 Å². The van der Waals surface area contributed by atoms with Crippen molar-refractivity contribution in [2.45, 2.75) is 6.54 Å². The molecule has 0 aliphatic carbocycles. The minimum atomic E-state index is -0.107. The van der Waals surface area contributed by atoms with Crippen LogP contribution in [0.1, 0.15) is 11.1 Å². The zero-order valence-corrected chi connectivity index (χ0v) is 21.6. The molecule has 0 unspecified atom stereocenters. The zero-order valence-electron chi connectivity index (χ0n) is 18.4. The molecule has 1 aliphatic heterocycles. The van der Waals surface area contributed by atoms with Gasteiger partial charge in [-0.2, -0.15) is 0 Å². The summed E-state index contributed by atoms with van der Waals surface area (Å²) in [4.78, 5) is 15.3. The number of methoxy groups -OCH3 is 1. The molecular weight excluding hydrogens is 534 g/mol. The van der Waals surface area contributed by atoms with Crippen LogP contribution < -0.4 is 14.2 Å². The van der Waals surface area contributed by atoms with E-state index in [1.165, 1.54) is 11.8 Å². The molecule has 5 nitrogen and oxygen atoms in total. The molecule has 0 N–H and O–H groups in total. The van der Waals surface area contributed by atoms with Gasteiger partial charge in [0.25, 0.3) is 5.91 Å². The Morgan fingerprint density at radius 2 is 1.62 bits per heavy atom. The van der Waals surface area contributed by atoms with Crippen LogP contribution in [0.5, 0.6) is 17.2 Å². The maximum Gasteiger partial charge on any atom is 0.266 e. The van der Waals surface area contributed by atoms with E-state index in [0.29, 0.717) is 46.2 Å². The van der Waals surface area contributed by atoms with Gasteiger partial charge in [-0.3, -0.25) is 9.69 Å². The molecular formula is C26H22BrNO4S2. The summed E-state index contributed by atoms with van der Waals surface area (Å²) in [7, 11) is 1.61. The van der Waals surface area contributed by atoms with E-state index in [1.807, 2.05) is 78.9 Å². The van der Waals surface area contributed by atoms with Crippen LogP contribution in [0.4, 0.5) is 0 Å². The highest BCUT2D eigenvalue weighted by molar-refractivity contribution is 9.10. The molecule has 0 radical (unpaired) electrons. The van der Waals surface area contributed by atoms with Crippen molar-refractivity contribution in [2.24, 2.45) is 0 Å². The van der Waals surface area contributed by atoms with Crippen LogP contribution in [-0.2, 0) is 11.3 Å². The Labute approximate surface area is 216 Å².